The quantitative estimate of drug-likeness (QED) is 0.900. The van der Waals surface area contributed by atoms with Crippen LogP contribution in [0.5, 0.6) is 0 Å². The molecule has 18 heavy (non-hydrogen) atoms. The number of hydrogen-bond donors (Lipinski definition) is 1. The van der Waals surface area contributed by atoms with Crippen molar-refractivity contribution in [1.29, 1.82) is 0 Å². The van der Waals surface area contributed by atoms with Gasteiger partial charge >= 0.3 is 0 Å². The van der Waals surface area contributed by atoms with Gasteiger partial charge in [0, 0.05) is 23.0 Å². The van der Waals surface area contributed by atoms with Gasteiger partial charge in [0.05, 0.1) is 10.7 Å². The Morgan fingerprint density at radius 1 is 1.33 bits per heavy atom. The van der Waals surface area contributed by atoms with Crippen molar-refractivity contribution in [3.05, 3.63) is 50.9 Å². The maximum absolute atomic E-state index is 5.87. The molecule has 0 saturated carbocycles. The molecule has 0 spiro atoms. The van der Waals surface area contributed by atoms with Crippen LogP contribution in [0.25, 0.3) is 0 Å². The number of aromatic nitrogens is 1. The number of hydrogen-bond acceptors (Lipinski definition) is 3. The van der Waals surface area contributed by atoms with Gasteiger partial charge < -0.3 is 5.32 Å². The molecule has 1 atom stereocenters. The predicted octanol–water partition coefficient (Wildman–Crippen LogP) is 3.83. The van der Waals surface area contributed by atoms with Crippen LogP contribution >= 0.6 is 22.9 Å². The number of aryl methyl sites for hydroxylation is 1. The second-order valence-corrected chi connectivity index (χ2v) is 5.97. The van der Waals surface area contributed by atoms with Crippen LogP contribution in [0.4, 0.5) is 0 Å². The second-order valence-electron chi connectivity index (χ2n) is 4.47. The van der Waals surface area contributed by atoms with Crippen LogP contribution in [0.15, 0.2) is 29.6 Å². The van der Waals surface area contributed by atoms with E-state index < -0.39 is 0 Å². The molecular weight excluding hydrogens is 264 g/mol. The van der Waals surface area contributed by atoms with Gasteiger partial charge in [-0.25, -0.2) is 4.98 Å². The second kappa shape index (κ2) is 6.32. The molecule has 1 N–H and O–H groups in total. The van der Waals surface area contributed by atoms with Crippen molar-refractivity contribution in [2.45, 2.75) is 32.9 Å². The van der Waals surface area contributed by atoms with Crippen LogP contribution in [-0.4, -0.2) is 11.0 Å². The average molecular weight is 281 g/mol. The molecule has 0 saturated heterocycles. The minimum absolute atomic E-state index is 0.424. The third-order valence-electron chi connectivity index (χ3n) is 2.75. The molecule has 1 unspecified atom stereocenters. The summed E-state index contributed by atoms with van der Waals surface area (Å²) in [6.45, 7) is 5.05. The Morgan fingerprint density at radius 2 is 2.06 bits per heavy atom. The van der Waals surface area contributed by atoms with E-state index in [1.165, 1.54) is 5.56 Å². The zero-order chi connectivity index (χ0) is 13.0. The van der Waals surface area contributed by atoms with Crippen LogP contribution in [0.2, 0.25) is 5.02 Å². The zero-order valence-electron chi connectivity index (χ0n) is 10.6. The summed E-state index contributed by atoms with van der Waals surface area (Å²) in [7, 11) is 0. The van der Waals surface area contributed by atoms with Crippen molar-refractivity contribution in [2.24, 2.45) is 0 Å². The van der Waals surface area contributed by atoms with Crippen molar-refractivity contribution in [2.75, 3.05) is 0 Å². The summed E-state index contributed by atoms with van der Waals surface area (Å²) in [4.78, 5) is 4.44. The third-order valence-corrected chi connectivity index (χ3v) is 3.83. The Balaban J connectivity index is 1.81. The highest BCUT2D eigenvalue weighted by atomic mass is 35.5. The highest BCUT2D eigenvalue weighted by molar-refractivity contribution is 7.09. The van der Waals surface area contributed by atoms with E-state index in [2.05, 4.69) is 34.7 Å². The first-order valence-electron chi connectivity index (χ1n) is 6.02. The fraction of sp³-hybridized carbons (Fsp3) is 0.357. The summed E-state index contributed by atoms with van der Waals surface area (Å²) in [6.07, 6.45) is 1.00. The van der Waals surface area contributed by atoms with Gasteiger partial charge in [0.15, 0.2) is 0 Å². The van der Waals surface area contributed by atoms with Gasteiger partial charge in [0.25, 0.3) is 0 Å². The number of thiazole rings is 1. The SMILES string of the molecule is Cc1nc(CNC(C)Cc2ccc(Cl)cc2)cs1. The number of nitrogens with one attached hydrogen (secondary N) is 1. The van der Waals surface area contributed by atoms with Crippen molar-refractivity contribution in [3.8, 4) is 0 Å². The minimum Gasteiger partial charge on any atom is -0.308 e. The lowest BCUT2D eigenvalue weighted by molar-refractivity contribution is 0.541. The maximum atomic E-state index is 5.87. The van der Waals surface area contributed by atoms with Crippen molar-refractivity contribution in [1.82, 2.24) is 10.3 Å². The Bertz CT molecular complexity index is 493. The van der Waals surface area contributed by atoms with Crippen molar-refractivity contribution >= 4 is 22.9 Å². The molecule has 96 valence electrons. The molecule has 1 aromatic carbocycles. The van der Waals surface area contributed by atoms with E-state index in [4.69, 9.17) is 11.6 Å². The predicted molar refractivity (Wildman–Crippen MR) is 78.3 cm³/mol. The first-order valence-corrected chi connectivity index (χ1v) is 7.28. The summed E-state index contributed by atoms with van der Waals surface area (Å²) in [5.74, 6) is 0. The number of halogens is 1. The molecule has 2 rings (SSSR count). The molecular formula is C14H17ClN2S. The molecule has 4 heteroatoms. The number of benzene rings is 1. The number of nitrogens with zero attached hydrogens (tertiary/aromatic N) is 1. The van der Waals surface area contributed by atoms with E-state index in [1.807, 2.05) is 19.1 Å². The molecule has 0 aliphatic rings. The lowest BCUT2D eigenvalue weighted by Gasteiger charge is -2.13. The summed E-state index contributed by atoms with van der Waals surface area (Å²) >= 11 is 7.56. The summed E-state index contributed by atoms with van der Waals surface area (Å²) in [5, 5.41) is 7.51. The standard InChI is InChI=1S/C14H17ClN2S/c1-10(7-12-3-5-13(15)6-4-12)16-8-14-9-18-11(2)17-14/h3-6,9-10,16H,7-8H2,1-2H3. The fourth-order valence-corrected chi connectivity index (χ4v) is 2.55. The maximum Gasteiger partial charge on any atom is 0.0897 e. The van der Waals surface area contributed by atoms with E-state index in [-0.39, 0.29) is 0 Å². The average Bonchev–Trinajstić information content (AvgIpc) is 2.76. The van der Waals surface area contributed by atoms with Gasteiger partial charge in [-0.05, 0) is 38.0 Å². The Morgan fingerprint density at radius 3 is 2.67 bits per heavy atom. The van der Waals surface area contributed by atoms with E-state index >= 15 is 0 Å². The van der Waals surface area contributed by atoms with E-state index in [9.17, 15) is 0 Å². The summed E-state index contributed by atoms with van der Waals surface area (Å²) in [5.41, 5.74) is 2.43. The third kappa shape index (κ3) is 4.09. The summed E-state index contributed by atoms with van der Waals surface area (Å²) < 4.78 is 0. The molecule has 0 radical (unpaired) electrons. The minimum atomic E-state index is 0.424. The van der Waals surface area contributed by atoms with Crippen molar-refractivity contribution in [3.63, 3.8) is 0 Å². The Hall–Kier alpha value is -0.900. The highest BCUT2D eigenvalue weighted by Gasteiger charge is 2.04. The van der Waals surface area contributed by atoms with Crippen LogP contribution in [0.3, 0.4) is 0 Å². The van der Waals surface area contributed by atoms with E-state index in [0.717, 1.165) is 28.7 Å². The monoisotopic (exact) mass is 280 g/mol. The van der Waals surface area contributed by atoms with Crippen LogP contribution in [0.1, 0.15) is 23.2 Å². The van der Waals surface area contributed by atoms with Crippen molar-refractivity contribution < 1.29 is 0 Å². The zero-order valence-corrected chi connectivity index (χ0v) is 12.2. The Kier molecular flexibility index (Phi) is 4.75. The molecule has 0 bridgehead atoms. The van der Waals surface area contributed by atoms with Gasteiger partial charge in [-0.3, -0.25) is 0 Å². The van der Waals surface area contributed by atoms with Crippen LogP contribution in [0, 0.1) is 6.92 Å². The van der Waals surface area contributed by atoms with Gasteiger partial charge in [-0.2, -0.15) is 0 Å². The molecule has 1 aromatic heterocycles. The molecule has 2 nitrogen and oxygen atoms in total. The van der Waals surface area contributed by atoms with E-state index in [1.54, 1.807) is 11.3 Å². The molecule has 0 aliphatic heterocycles. The smallest absolute Gasteiger partial charge is 0.0897 e. The van der Waals surface area contributed by atoms with Gasteiger partial charge in [-0.1, -0.05) is 23.7 Å². The van der Waals surface area contributed by atoms with Gasteiger partial charge in [0.2, 0.25) is 0 Å². The fourth-order valence-electron chi connectivity index (χ4n) is 1.81. The summed E-state index contributed by atoms with van der Waals surface area (Å²) in [6, 6.07) is 8.45. The lowest BCUT2D eigenvalue weighted by Crippen LogP contribution is -2.27. The molecule has 0 amide bonds. The molecule has 1 heterocycles. The van der Waals surface area contributed by atoms with E-state index in [0.29, 0.717) is 6.04 Å². The van der Waals surface area contributed by atoms with Crippen LogP contribution in [-0.2, 0) is 13.0 Å². The van der Waals surface area contributed by atoms with Crippen LogP contribution < -0.4 is 5.32 Å². The lowest BCUT2D eigenvalue weighted by atomic mass is 10.1. The molecule has 0 aliphatic carbocycles. The largest absolute Gasteiger partial charge is 0.308 e. The normalized spacial score (nSPS) is 12.6. The Labute approximate surface area is 117 Å². The van der Waals surface area contributed by atoms with Gasteiger partial charge in [-0.15, -0.1) is 11.3 Å². The molecule has 2 aromatic rings. The molecule has 0 fully saturated rings. The number of rotatable bonds is 5. The topological polar surface area (TPSA) is 24.9 Å². The van der Waals surface area contributed by atoms with Gasteiger partial charge in [0.1, 0.15) is 0 Å². The first kappa shape index (κ1) is 13.5. The first-order chi connectivity index (χ1) is 8.63. The highest BCUT2D eigenvalue weighted by Crippen LogP contribution is 2.12.